The van der Waals surface area contributed by atoms with Crippen LogP contribution in [0.5, 0.6) is 5.75 Å². The zero-order valence-corrected chi connectivity index (χ0v) is 12.2. The molecule has 1 heterocycles. The Hall–Kier alpha value is -1.25. The van der Waals surface area contributed by atoms with E-state index in [0.29, 0.717) is 5.76 Å². The minimum Gasteiger partial charge on any atom is -0.507 e. The minimum atomic E-state index is -0.443. The summed E-state index contributed by atoms with van der Waals surface area (Å²) >= 11 is 0. The molecule has 0 spiro atoms. The molecular formula is C16H26O3. The highest BCUT2D eigenvalue weighted by Gasteiger charge is 2.12. The van der Waals surface area contributed by atoms with Crippen molar-refractivity contribution in [3.8, 4) is 5.75 Å². The van der Waals surface area contributed by atoms with Gasteiger partial charge in [-0.15, -0.1) is 0 Å². The molecule has 0 fully saturated rings. The second kappa shape index (κ2) is 8.78. The lowest BCUT2D eigenvalue weighted by atomic mass is 10.0. The first-order chi connectivity index (χ1) is 9.19. The molecule has 0 atom stereocenters. The van der Waals surface area contributed by atoms with Crippen molar-refractivity contribution < 1.29 is 9.52 Å². The molecule has 0 aliphatic heterocycles. The molecule has 3 nitrogen and oxygen atoms in total. The smallest absolute Gasteiger partial charge is 0.339 e. The maximum absolute atomic E-state index is 11.3. The monoisotopic (exact) mass is 266 g/mol. The van der Waals surface area contributed by atoms with Crippen LogP contribution in [0.25, 0.3) is 0 Å². The molecule has 0 amide bonds. The van der Waals surface area contributed by atoms with Gasteiger partial charge in [0.15, 0.2) is 0 Å². The molecule has 1 aromatic heterocycles. The van der Waals surface area contributed by atoms with Crippen molar-refractivity contribution in [1.82, 2.24) is 0 Å². The number of aryl methyl sites for hydroxylation is 1. The lowest BCUT2D eigenvalue weighted by Crippen LogP contribution is -2.05. The van der Waals surface area contributed by atoms with E-state index in [4.69, 9.17) is 4.42 Å². The van der Waals surface area contributed by atoms with Crippen molar-refractivity contribution in [3.63, 3.8) is 0 Å². The Bertz CT molecular complexity index is 420. The highest BCUT2D eigenvalue weighted by Crippen LogP contribution is 2.23. The summed E-state index contributed by atoms with van der Waals surface area (Å²) in [5.74, 6) is 0.800. The van der Waals surface area contributed by atoms with Crippen LogP contribution in [0.15, 0.2) is 15.3 Å². The second-order valence-corrected chi connectivity index (χ2v) is 5.12. The zero-order valence-electron chi connectivity index (χ0n) is 12.2. The van der Waals surface area contributed by atoms with E-state index in [1.54, 1.807) is 0 Å². The first-order valence-corrected chi connectivity index (χ1v) is 7.53. The van der Waals surface area contributed by atoms with Crippen LogP contribution in [0.3, 0.4) is 0 Å². The number of hydrogen-bond acceptors (Lipinski definition) is 3. The van der Waals surface area contributed by atoms with E-state index in [-0.39, 0.29) is 5.75 Å². The number of aromatic hydroxyl groups is 1. The third kappa shape index (κ3) is 5.50. The van der Waals surface area contributed by atoms with Gasteiger partial charge in [-0.05, 0) is 19.3 Å². The van der Waals surface area contributed by atoms with Crippen LogP contribution in [0.1, 0.15) is 70.1 Å². The predicted molar refractivity (Wildman–Crippen MR) is 77.7 cm³/mol. The summed E-state index contributed by atoms with van der Waals surface area (Å²) in [4.78, 5) is 11.3. The molecule has 108 valence electrons. The Morgan fingerprint density at radius 1 is 1.00 bits per heavy atom. The van der Waals surface area contributed by atoms with Crippen molar-refractivity contribution in [3.05, 3.63) is 27.8 Å². The van der Waals surface area contributed by atoms with Crippen LogP contribution < -0.4 is 5.63 Å². The van der Waals surface area contributed by atoms with Crippen LogP contribution in [0.4, 0.5) is 0 Å². The van der Waals surface area contributed by atoms with Gasteiger partial charge in [-0.2, -0.15) is 0 Å². The lowest BCUT2D eigenvalue weighted by molar-refractivity contribution is 0.405. The Morgan fingerprint density at radius 3 is 2.32 bits per heavy atom. The minimum absolute atomic E-state index is 0.110. The predicted octanol–water partition coefficient (Wildman–Crippen LogP) is 4.20. The molecule has 19 heavy (non-hydrogen) atoms. The van der Waals surface area contributed by atoms with Crippen LogP contribution in [-0.2, 0) is 12.8 Å². The van der Waals surface area contributed by atoms with Gasteiger partial charge < -0.3 is 9.52 Å². The average molecular weight is 266 g/mol. The SMILES string of the molecule is CCCCCCc1c(O)cc(=O)oc1CCCCC. The second-order valence-electron chi connectivity index (χ2n) is 5.12. The summed E-state index contributed by atoms with van der Waals surface area (Å²) in [5.41, 5.74) is 0.396. The maximum Gasteiger partial charge on any atom is 0.339 e. The van der Waals surface area contributed by atoms with Crippen molar-refractivity contribution in [1.29, 1.82) is 0 Å². The summed E-state index contributed by atoms with van der Waals surface area (Å²) in [6.45, 7) is 4.32. The normalized spacial score (nSPS) is 10.8. The molecule has 0 saturated carbocycles. The highest BCUT2D eigenvalue weighted by molar-refractivity contribution is 5.33. The largest absolute Gasteiger partial charge is 0.507 e. The maximum atomic E-state index is 11.3. The van der Waals surface area contributed by atoms with Crippen molar-refractivity contribution in [2.75, 3.05) is 0 Å². The van der Waals surface area contributed by atoms with Gasteiger partial charge in [-0.1, -0.05) is 46.0 Å². The Labute approximate surface area is 115 Å². The van der Waals surface area contributed by atoms with Gasteiger partial charge in [0.25, 0.3) is 0 Å². The number of rotatable bonds is 9. The summed E-state index contributed by atoms with van der Waals surface area (Å²) in [5, 5.41) is 9.93. The standard InChI is InChI=1S/C16H26O3/c1-3-5-7-9-10-13-14(17)12-16(18)19-15(13)11-8-6-4-2/h12,17H,3-11H2,1-2H3. The summed E-state index contributed by atoms with van der Waals surface area (Å²) in [6, 6.07) is 1.19. The molecule has 0 radical (unpaired) electrons. The van der Waals surface area contributed by atoms with E-state index < -0.39 is 5.63 Å². The van der Waals surface area contributed by atoms with Crippen molar-refractivity contribution >= 4 is 0 Å². The van der Waals surface area contributed by atoms with Crippen molar-refractivity contribution in [2.45, 2.75) is 71.6 Å². The fraction of sp³-hybridized carbons (Fsp3) is 0.688. The van der Waals surface area contributed by atoms with Crippen LogP contribution in [0.2, 0.25) is 0 Å². The molecule has 1 aromatic rings. The molecule has 0 aromatic carbocycles. The molecule has 0 aliphatic rings. The molecule has 1 rings (SSSR count). The van der Waals surface area contributed by atoms with E-state index in [1.165, 1.54) is 18.9 Å². The average Bonchev–Trinajstić information content (AvgIpc) is 2.37. The molecule has 1 N–H and O–H groups in total. The Kier molecular flexibility index (Phi) is 7.31. The topological polar surface area (TPSA) is 50.4 Å². The zero-order chi connectivity index (χ0) is 14.1. The molecule has 0 saturated heterocycles. The van der Waals surface area contributed by atoms with E-state index in [1.807, 2.05) is 0 Å². The number of unbranched alkanes of at least 4 members (excludes halogenated alkanes) is 5. The van der Waals surface area contributed by atoms with Gasteiger partial charge in [-0.3, -0.25) is 0 Å². The van der Waals surface area contributed by atoms with E-state index in [2.05, 4.69) is 13.8 Å². The van der Waals surface area contributed by atoms with Gasteiger partial charge in [0, 0.05) is 12.0 Å². The van der Waals surface area contributed by atoms with E-state index in [9.17, 15) is 9.90 Å². The van der Waals surface area contributed by atoms with Crippen LogP contribution in [0, 0.1) is 0 Å². The van der Waals surface area contributed by atoms with E-state index in [0.717, 1.165) is 50.5 Å². The van der Waals surface area contributed by atoms with E-state index >= 15 is 0 Å². The first kappa shape index (κ1) is 15.8. The molecule has 0 unspecified atom stereocenters. The summed E-state index contributed by atoms with van der Waals surface area (Å²) in [6.07, 6.45) is 9.41. The van der Waals surface area contributed by atoms with Gasteiger partial charge in [0.05, 0.1) is 6.07 Å². The first-order valence-electron chi connectivity index (χ1n) is 7.53. The molecule has 0 bridgehead atoms. The van der Waals surface area contributed by atoms with Gasteiger partial charge in [0.2, 0.25) is 0 Å². The van der Waals surface area contributed by atoms with Gasteiger partial charge in [-0.25, -0.2) is 4.79 Å². The molecule has 3 heteroatoms. The summed E-state index contributed by atoms with van der Waals surface area (Å²) < 4.78 is 5.28. The van der Waals surface area contributed by atoms with Crippen LogP contribution >= 0.6 is 0 Å². The highest BCUT2D eigenvalue weighted by atomic mass is 16.4. The quantitative estimate of drug-likeness (QED) is 0.681. The molecular weight excluding hydrogens is 240 g/mol. The fourth-order valence-corrected chi connectivity index (χ4v) is 2.29. The summed E-state index contributed by atoms with van der Waals surface area (Å²) in [7, 11) is 0. The van der Waals surface area contributed by atoms with Crippen molar-refractivity contribution in [2.24, 2.45) is 0 Å². The lowest BCUT2D eigenvalue weighted by Gasteiger charge is -2.09. The van der Waals surface area contributed by atoms with Gasteiger partial charge >= 0.3 is 5.63 Å². The van der Waals surface area contributed by atoms with Gasteiger partial charge in [0.1, 0.15) is 11.5 Å². The Balaban J connectivity index is 2.72. The molecule has 0 aliphatic carbocycles. The third-order valence-corrected chi connectivity index (χ3v) is 3.41. The third-order valence-electron chi connectivity index (χ3n) is 3.41. The fourth-order valence-electron chi connectivity index (χ4n) is 2.29. The van der Waals surface area contributed by atoms with Crippen LogP contribution in [-0.4, -0.2) is 5.11 Å². The Morgan fingerprint density at radius 2 is 1.63 bits per heavy atom. The number of hydrogen-bond donors (Lipinski definition) is 1.